The molecule has 0 spiro atoms. The lowest BCUT2D eigenvalue weighted by Gasteiger charge is -2.11. The standard InChI is InChI=1S/C13H13F2NS/c1-8-4-5-17-13(8)12(16)6-9-2-3-10(14)7-11(9)15/h2-5,7,12H,6,16H2,1H3. The number of rotatable bonds is 3. The molecular weight excluding hydrogens is 240 g/mol. The summed E-state index contributed by atoms with van der Waals surface area (Å²) in [5, 5.41) is 1.96. The second kappa shape index (κ2) is 4.94. The lowest BCUT2D eigenvalue weighted by atomic mass is 10.0. The molecule has 0 saturated carbocycles. The monoisotopic (exact) mass is 253 g/mol. The molecule has 0 aliphatic heterocycles. The van der Waals surface area contributed by atoms with Crippen molar-refractivity contribution in [2.75, 3.05) is 0 Å². The maximum atomic E-state index is 13.5. The van der Waals surface area contributed by atoms with Crippen LogP contribution in [0.4, 0.5) is 8.78 Å². The van der Waals surface area contributed by atoms with Crippen LogP contribution < -0.4 is 5.73 Å². The number of nitrogens with two attached hydrogens (primary N) is 1. The molecule has 2 N–H and O–H groups in total. The van der Waals surface area contributed by atoms with E-state index in [-0.39, 0.29) is 6.04 Å². The van der Waals surface area contributed by atoms with Crippen LogP contribution >= 0.6 is 11.3 Å². The van der Waals surface area contributed by atoms with Gasteiger partial charge in [0.05, 0.1) is 0 Å². The first kappa shape index (κ1) is 12.2. The summed E-state index contributed by atoms with van der Waals surface area (Å²) in [5.74, 6) is -1.10. The third-order valence-electron chi connectivity index (χ3n) is 2.69. The molecule has 4 heteroatoms. The Kier molecular flexibility index (Phi) is 3.54. The summed E-state index contributed by atoms with van der Waals surface area (Å²) in [6.45, 7) is 1.98. The molecule has 2 rings (SSSR count). The molecule has 17 heavy (non-hydrogen) atoms. The Bertz CT molecular complexity index is 522. The van der Waals surface area contributed by atoms with E-state index in [0.717, 1.165) is 16.5 Å². The normalized spacial score (nSPS) is 12.7. The van der Waals surface area contributed by atoms with Crippen molar-refractivity contribution in [2.45, 2.75) is 19.4 Å². The minimum Gasteiger partial charge on any atom is -0.323 e. The van der Waals surface area contributed by atoms with E-state index in [1.54, 1.807) is 11.3 Å². The summed E-state index contributed by atoms with van der Waals surface area (Å²) < 4.78 is 26.2. The Labute approximate surface area is 103 Å². The van der Waals surface area contributed by atoms with E-state index in [0.29, 0.717) is 12.0 Å². The molecule has 1 atom stereocenters. The largest absolute Gasteiger partial charge is 0.323 e. The molecule has 0 radical (unpaired) electrons. The average molecular weight is 253 g/mol. The lowest BCUT2D eigenvalue weighted by Crippen LogP contribution is -2.13. The van der Waals surface area contributed by atoms with Gasteiger partial charge in [0, 0.05) is 17.0 Å². The van der Waals surface area contributed by atoms with Gasteiger partial charge < -0.3 is 5.73 Å². The smallest absolute Gasteiger partial charge is 0.129 e. The van der Waals surface area contributed by atoms with Gasteiger partial charge in [-0.05, 0) is 42.0 Å². The molecule has 0 saturated heterocycles. The molecule has 0 amide bonds. The second-order valence-electron chi connectivity index (χ2n) is 4.01. The minimum absolute atomic E-state index is 0.241. The zero-order valence-electron chi connectivity index (χ0n) is 9.41. The van der Waals surface area contributed by atoms with Gasteiger partial charge in [-0.25, -0.2) is 8.78 Å². The van der Waals surface area contributed by atoms with Crippen LogP contribution in [-0.4, -0.2) is 0 Å². The Morgan fingerprint density at radius 2 is 2.06 bits per heavy atom. The third-order valence-corrected chi connectivity index (χ3v) is 3.84. The maximum absolute atomic E-state index is 13.5. The van der Waals surface area contributed by atoms with E-state index in [1.165, 1.54) is 12.1 Å². The van der Waals surface area contributed by atoms with Gasteiger partial charge in [-0.2, -0.15) is 0 Å². The molecule has 90 valence electrons. The minimum atomic E-state index is -0.563. The van der Waals surface area contributed by atoms with Crippen molar-refractivity contribution in [1.82, 2.24) is 0 Å². The highest BCUT2D eigenvalue weighted by atomic mass is 32.1. The van der Waals surface area contributed by atoms with Crippen LogP contribution in [0.15, 0.2) is 29.6 Å². The fourth-order valence-corrected chi connectivity index (χ4v) is 2.71. The van der Waals surface area contributed by atoms with E-state index in [2.05, 4.69) is 0 Å². The molecule has 2 aromatic rings. The van der Waals surface area contributed by atoms with Crippen LogP contribution in [0.1, 0.15) is 22.0 Å². The van der Waals surface area contributed by atoms with Gasteiger partial charge in [0.1, 0.15) is 11.6 Å². The molecule has 0 fully saturated rings. The fourth-order valence-electron chi connectivity index (χ4n) is 1.78. The van der Waals surface area contributed by atoms with E-state index in [1.807, 2.05) is 18.4 Å². The number of aryl methyl sites for hydroxylation is 1. The number of halogens is 2. The SMILES string of the molecule is Cc1ccsc1C(N)Cc1ccc(F)cc1F. The molecule has 1 aromatic carbocycles. The Morgan fingerprint density at radius 1 is 1.29 bits per heavy atom. The van der Waals surface area contributed by atoms with Crippen molar-refractivity contribution in [3.8, 4) is 0 Å². The molecular formula is C13H13F2NS. The van der Waals surface area contributed by atoms with Crippen LogP contribution in [0.5, 0.6) is 0 Å². The number of thiophene rings is 1. The van der Waals surface area contributed by atoms with Gasteiger partial charge in [-0.1, -0.05) is 6.07 Å². The number of benzene rings is 1. The zero-order valence-corrected chi connectivity index (χ0v) is 10.2. The molecule has 0 aliphatic carbocycles. The zero-order chi connectivity index (χ0) is 12.4. The first-order valence-electron chi connectivity index (χ1n) is 5.31. The summed E-state index contributed by atoms with van der Waals surface area (Å²) >= 11 is 1.56. The van der Waals surface area contributed by atoms with Gasteiger partial charge >= 0.3 is 0 Å². The van der Waals surface area contributed by atoms with Gasteiger partial charge in [0.2, 0.25) is 0 Å². The van der Waals surface area contributed by atoms with E-state index in [4.69, 9.17) is 5.73 Å². The van der Waals surface area contributed by atoms with Crippen LogP contribution in [-0.2, 0) is 6.42 Å². The van der Waals surface area contributed by atoms with Crippen molar-refractivity contribution in [3.63, 3.8) is 0 Å². The summed E-state index contributed by atoms with van der Waals surface area (Å²) in [7, 11) is 0. The topological polar surface area (TPSA) is 26.0 Å². The van der Waals surface area contributed by atoms with Crippen molar-refractivity contribution >= 4 is 11.3 Å². The van der Waals surface area contributed by atoms with Crippen molar-refractivity contribution in [2.24, 2.45) is 5.73 Å². The summed E-state index contributed by atoms with van der Waals surface area (Å²) in [4.78, 5) is 1.05. The van der Waals surface area contributed by atoms with E-state index >= 15 is 0 Å². The number of hydrogen-bond donors (Lipinski definition) is 1. The predicted octanol–water partition coefficient (Wildman–Crippen LogP) is 3.58. The van der Waals surface area contributed by atoms with Crippen molar-refractivity contribution < 1.29 is 8.78 Å². The van der Waals surface area contributed by atoms with E-state index in [9.17, 15) is 8.78 Å². The first-order valence-corrected chi connectivity index (χ1v) is 6.19. The summed E-state index contributed by atoms with van der Waals surface area (Å²) in [5.41, 5.74) is 7.60. The predicted molar refractivity (Wildman–Crippen MR) is 66.0 cm³/mol. The fraction of sp³-hybridized carbons (Fsp3) is 0.231. The van der Waals surface area contributed by atoms with Gasteiger partial charge in [-0.3, -0.25) is 0 Å². The Morgan fingerprint density at radius 3 is 2.65 bits per heavy atom. The average Bonchev–Trinajstić information content (AvgIpc) is 2.68. The first-order chi connectivity index (χ1) is 8.08. The van der Waals surface area contributed by atoms with E-state index < -0.39 is 11.6 Å². The molecule has 1 aromatic heterocycles. The van der Waals surface area contributed by atoms with Gasteiger partial charge in [-0.15, -0.1) is 11.3 Å². The highest BCUT2D eigenvalue weighted by Crippen LogP contribution is 2.25. The lowest BCUT2D eigenvalue weighted by molar-refractivity contribution is 0.564. The van der Waals surface area contributed by atoms with Crippen LogP contribution in [0.25, 0.3) is 0 Å². The number of hydrogen-bond acceptors (Lipinski definition) is 2. The van der Waals surface area contributed by atoms with Crippen molar-refractivity contribution in [1.29, 1.82) is 0 Å². The molecule has 0 bridgehead atoms. The van der Waals surface area contributed by atoms with Gasteiger partial charge in [0.15, 0.2) is 0 Å². The van der Waals surface area contributed by atoms with Gasteiger partial charge in [0.25, 0.3) is 0 Å². The van der Waals surface area contributed by atoms with Crippen LogP contribution in [0.3, 0.4) is 0 Å². The maximum Gasteiger partial charge on any atom is 0.129 e. The second-order valence-corrected chi connectivity index (χ2v) is 4.96. The quantitative estimate of drug-likeness (QED) is 0.889. The third kappa shape index (κ3) is 2.70. The Balaban J connectivity index is 2.19. The molecule has 1 heterocycles. The molecule has 1 nitrogen and oxygen atoms in total. The molecule has 1 unspecified atom stereocenters. The van der Waals surface area contributed by atoms with Crippen LogP contribution in [0, 0.1) is 18.6 Å². The molecule has 0 aliphatic rings. The van der Waals surface area contributed by atoms with Crippen LogP contribution in [0.2, 0.25) is 0 Å². The Hall–Kier alpha value is -1.26. The van der Waals surface area contributed by atoms with Crippen molar-refractivity contribution in [3.05, 3.63) is 57.3 Å². The summed E-state index contributed by atoms with van der Waals surface area (Å²) in [6.07, 6.45) is 0.382. The highest BCUT2D eigenvalue weighted by molar-refractivity contribution is 7.10. The summed E-state index contributed by atoms with van der Waals surface area (Å²) in [6, 6.07) is 5.35. The highest BCUT2D eigenvalue weighted by Gasteiger charge is 2.13.